The predicted molar refractivity (Wildman–Crippen MR) is 132 cm³/mol. The summed E-state index contributed by atoms with van der Waals surface area (Å²) in [4.78, 5) is 15.4. The third-order valence-electron chi connectivity index (χ3n) is 6.85. The van der Waals surface area contributed by atoms with E-state index in [0.29, 0.717) is 40.7 Å². The zero-order valence-electron chi connectivity index (χ0n) is 21.2. The van der Waals surface area contributed by atoms with Crippen molar-refractivity contribution in [2.75, 3.05) is 54.2 Å². The number of methoxy groups -OCH3 is 3. The molecule has 0 bridgehead atoms. The predicted octanol–water partition coefficient (Wildman–Crippen LogP) is 0.706. The van der Waals surface area contributed by atoms with Gasteiger partial charge in [-0.25, -0.2) is 0 Å². The third-order valence-corrected chi connectivity index (χ3v) is 6.85. The van der Waals surface area contributed by atoms with E-state index in [4.69, 9.17) is 29.4 Å². The highest BCUT2D eigenvalue weighted by molar-refractivity contribution is 5.61. The van der Waals surface area contributed by atoms with Crippen molar-refractivity contribution in [2.24, 2.45) is 5.73 Å². The van der Waals surface area contributed by atoms with E-state index in [1.807, 2.05) is 6.92 Å². The Hall–Kier alpha value is -3.68. The summed E-state index contributed by atoms with van der Waals surface area (Å²) in [6.45, 7) is 6.86. The van der Waals surface area contributed by atoms with Gasteiger partial charge in [0.15, 0.2) is 11.5 Å². The van der Waals surface area contributed by atoms with E-state index in [1.165, 1.54) is 26.2 Å². The number of rotatable bonds is 8. The number of pyridine rings is 1. The van der Waals surface area contributed by atoms with Crippen LogP contribution >= 0.6 is 0 Å². The molecule has 0 saturated carbocycles. The number of allylic oxidation sites excluding steroid dienone is 1. The Bertz CT molecular complexity index is 1260. The van der Waals surface area contributed by atoms with Crippen molar-refractivity contribution < 1.29 is 28.6 Å². The number of ether oxygens (including phenoxy) is 5. The van der Waals surface area contributed by atoms with Gasteiger partial charge in [-0.05, 0) is 13.0 Å². The molecule has 192 valence electrons. The van der Waals surface area contributed by atoms with Crippen molar-refractivity contribution in [2.45, 2.75) is 25.8 Å². The van der Waals surface area contributed by atoms with Crippen LogP contribution in [0.5, 0.6) is 23.0 Å². The number of aromatic nitrogens is 1. The smallest absolute Gasteiger partial charge is 0.258 e. The summed E-state index contributed by atoms with van der Waals surface area (Å²) in [5.74, 6) is 0.849. The molecular formula is C26H33N4O6+. The molecule has 0 unspecified atom stereocenters. The van der Waals surface area contributed by atoms with Gasteiger partial charge in [0.1, 0.15) is 36.2 Å². The Labute approximate surface area is 210 Å². The maximum absolute atomic E-state index is 13.9. The van der Waals surface area contributed by atoms with Gasteiger partial charge in [-0.1, -0.05) is 0 Å². The van der Waals surface area contributed by atoms with Crippen molar-refractivity contribution in [1.29, 1.82) is 5.26 Å². The van der Waals surface area contributed by atoms with Crippen LogP contribution in [-0.2, 0) is 11.3 Å². The lowest BCUT2D eigenvalue weighted by molar-refractivity contribution is -0.908. The fourth-order valence-corrected chi connectivity index (χ4v) is 4.95. The van der Waals surface area contributed by atoms with E-state index < -0.39 is 5.92 Å². The van der Waals surface area contributed by atoms with Gasteiger partial charge in [0.05, 0.1) is 52.6 Å². The van der Waals surface area contributed by atoms with Crippen LogP contribution < -0.4 is 35.1 Å². The number of hydrogen-bond donors (Lipinski definition) is 2. The molecule has 0 amide bonds. The highest BCUT2D eigenvalue weighted by Crippen LogP contribution is 2.46. The van der Waals surface area contributed by atoms with Crippen LogP contribution in [0.15, 0.2) is 34.4 Å². The fraction of sp³-hybridized carbons (Fsp3) is 0.462. The molecule has 10 heteroatoms. The average molecular weight is 498 g/mol. The number of benzene rings is 1. The molecule has 1 atom stereocenters. The van der Waals surface area contributed by atoms with Crippen LogP contribution in [0.4, 0.5) is 0 Å². The van der Waals surface area contributed by atoms with Gasteiger partial charge in [0.25, 0.3) is 5.56 Å². The first-order valence-electron chi connectivity index (χ1n) is 12.0. The Kier molecular flexibility index (Phi) is 7.72. The number of nitriles is 1. The number of aryl methyl sites for hydroxylation is 1. The minimum atomic E-state index is -0.794. The third kappa shape index (κ3) is 4.72. The number of fused-ring (bicyclic) bond motifs is 1. The Morgan fingerprint density at radius 1 is 1.11 bits per heavy atom. The van der Waals surface area contributed by atoms with E-state index in [2.05, 4.69) is 6.07 Å². The Balaban J connectivity index is 1.80. The molecule has 36 heavy (non-hydrogen) atoms. The van der Waals surface area contributed by atoms with Crippen molar-refractivity contribution in [3.05, 3.63) is 56.8 Å². The number of hydrogen-bond acceptors (Lipinski definition) is 8. The summed E-state index contributed by atoms with van der Waals surface area (Å²) in [6.07, 6.45) is 0.836. The molecular weight excluding hydrogens is 464 g/mol. The molecule has 0 spiro atoms. The maximum atomic E-state index is 13.9. The minimum Gasteiger partial charge on any atom is -0.496 e. The number of nitrogens with zero attached hydrogens (tertiary/aromatic N) is 2. The van der Waals surface area contributed by atoms with Gasteiger partial charge in [0, 0.05) is 36.4 Å². The maximum Gasteiger partial charge on any atom is 0.258 e. The van der Waals surface area contributed by atoms with Crippen LogP contribution in [0.1, 0.15) is 29.2 Å². The first-order valence-corrected chi connectivity index (χ1v) is 12.0. The number of nitrogens with one attached hydrogen (secondary N) is 1. The lowest BCUT2D eigenvalue weighted by Crippen LogP contribution is -3.14. The van der Waals surface area contributed by atoms with Gasteiger partial charge in [-0.15, -0.1) is 0 Å². The molecule has 0 radical (unpaired) electrons. The molecule has 1 saturated heterocycles. The molecule has 2 aliphatic rings. The van der Waals surface area contributed by atoms with Gasteiger partial charge >= 0.3 is 0 Å². The van der Waals surface area contributed by atoms with Crippen LogP contribution in [0.3, 0.4) is 0 Å². The number of morpholine rings is 1. The molecule has 2 aromatic rings. The highest BCUT2D eigenvalue weighted by Gasteiger charge is 2.36. The van der Waals surface area contributed by atoms with Crippen molar-refractivity contribution in [3.8, 4) is 29.1 Å². The average Bonchev–Trinajstić information content (AvgIpc) is 2.89. The van der Waals surface area contributed by atoms with E-state index in [0.717, 1.165) is 45.0 Å². The summed E-state index contributed by atoms with van der Waals surface area (Å²) >= 11 is 0. The standard InChI is InChI=1S/C26H32N4O6/c1-16-12-22-24(26(31)30(16)7-5-6-29-8-10-35-11-9-29)23(18(15-27)25(28)36-22)17-13-20(33-3)21(34-4)14-19(17)32-2/h12-14,23H,5-11,28H2,1-4H3/p+1/t23-/m0/s1. The SMILES string of the molecule is COc1cc(OC)c([C@H]2C(C#N)=C(N)Oc3cc(C)n(CCC[NH+]4CCOCC4)c(=O)c32)cc1OC. The van der Waals surface area contributed by atoms with Gasteiger partial charge in [0.2, 0.25) is 5.88 Å². The summed E-state index contributed by atoms with van der Waals surface area (Å²) in [5.41, 5.74) is 7.75. The zero-order valence-corrected chi connectivity index (χ0v) is 21.2. The molecule has 3 N–H and O–H groups in total. The van der Waals surface area contributed by atoms with Crippen molar-refractivity contribution >= 4 is 0 Å². The van der Waals surface area contributed by atoms with Crippen LogP contribution in [0, 0.1) is 18.3 Å². The molecule has 10 nitrogen and oxygen atoms in total. The van der Waals surface area contributed by atoms with Crippen LogP contribution in [0.2, 0.25) is 0 Å². The molecule has 1 aromatic heterocycles. The van der Waals surface area contributed by atoms with Gasteiger partial charge in [-0.3, -0.25) is 4.79 Å². The molecule has 1 aromatic carbocycles. The fourth-order valence-electron chi connectivity index (χ4n) is 4.95. The van der Waals surface area contributed by atoms with E-state index in [-0.39, 0.29) is 17.0 Å². The Morgan fingerprint density at radius 2 is 1.78 bits per heavy atom. The number of nitrogens with two attached hydrogens (primary N) is 1. The molecule has 3 heterocycles. The second-order valence-electron chi connectivity index (χ2n) is 8.86. The van der Waals surface area contributed by atoms with Crippen molar-refractivity contribution in [1.82, 2.24) is 4.57 Å². The normalized spacial score (nSPS) is 17.7. The largest absolute Gasteiger partial charge is 0.496 e. The minimum absolute atomic E-state index is 0.0423. The van der Waals surface area contributed by atoms with Crippen molar-refractivity contribution in [3.63, 3.8) is 0 Å². The zero-order chi connectivity index (χ0) is 25.8. The summed E-state index contributed by atoms with van der Waals surface area (Å²) in [5, 5.41) is 10.0. The Morgan fingerprint density at radius 3 is 2.42 bits per heavy atom. The van der Waals surface area contributed by atoms with E-state index in [1.54, 1.807) is 22.8 Å². The number of quaternary nitrogens is 1. The second-order valence-corrected chi connectivity index (χ2v) is 8.86. The topological polar surface area (TPSA) is 122 Å². The summed E-state index contributed by atoms with van der Waals surface area (Å²) in [7, 11) is 4.57. The van der Waals surface area contributed by atoms with Crippen LogP contribution in [0.25, 0.3) is 0 Å². The molecule has 2 aliphatic heterocycles. The first kappa shape index (κ1) is 25.4. The van der Waals surface area contributed by atoms with Crippen LogP contribution in [-0.4, -0.2) is 58.7 Å². The second kappa shape index (κ2) is 10.9. The lowest BCUT2D eigenvalue weighted by Gasteiger charge is -2.29. The molecule has 1 fully saturated rings. The van der Waals surface area contributed by atoms with E-state index in [9.17, 15) is 10.1 Å². The lowest BCUT2D eigenvalue weighted by atomic mass is 9.83. The molecule has 4 rings (SSSR count). The van der Waals surface area contributed by atoms with Gasteiger partial charge < -0.3 is 38.9 Å². The molecule has 0 aliphatic carbocycles. The quantitative estimate of drug-likeness (QED) is 0.547. The monoisotopic (exact) mass is 497 g/mol. The summed E-state index contributed by atoms with van der Waals surface area (Å²) < 4.78 is 29.5. The highest BCUT2D eigenvalue weighted by atomic mass is 16.5. The van der Waals surface area contributed by atoms with E-state index >= 15 is 0 Å². The summed E-state index contributed by atoms with van der Waals surface area (Å²) in [6, 6.07) is 7.34. The first-order chi connectivity index (χ1) is 17.4. The van der Waals surface area contributed by atoms with Gasteiger partial charge in [-0.2, -0.15) is 5.26 Å².